The molecule has 1 amide bonds. The highest BCUT2D eigenvalue weighted by Crippen LogP contribution is 2.21. The van der Waals surface area contributed by atoms with Crippen molar-refractivity contribution in [1.82, 2.24) is 15.1 Å². The summed E-state index contributed by atoms with van der Waals surface area (Å²) in [5.41, 5.74) is 1.89. The average molecular weight is 303 g/mol. The minimum atomic E-state index is -0.295. The molecule has 0 aliphatic carbocycles. The number of halogens is 1. The van der Waals surface area contributed by atoms with Crippen molar-refractivity contribution in [1.29, 1.82) is 0 Å². The van der Waals surface area contributed by atoms with Gasteiger partial charge in [-0.05, 0) is 42.7 Å². The zero-order chi connectivity index (χ0) is 16.5. The molecule has 0 spiro atoms. The van der Waals surface area contributed by atoms with Gasteiger partial charge in [-0.15, -0.1) is 0 Å². The highest BCUT2D eigenvalue weighted by Gasteiger charge is 2.23. The predicted molar refractivity (Wildman–Crippen MR) is 85.0 cm³/mol. The smallest absolute Gasteiger partial charge is 0.269 e. The molecule has 118 valence electrons. The molecule has 4 nitrogen and oxygen atoms in total. The fourth-order valence-corrected chi connectivity index (χ4v) is 1.93. The van der Waals surface area contributed by atoms with Crippen LogP contribution in [0.15, 0.2) is 30.3 Å². The van der Waals surface area contributed by atoms with Crippen LogP contribution in [-0.4, -0.2) is 21.7 Å². The van der Waals surface area contributed by atoms with E-state index in [1.807, 2.05) is 6.92 Å². The fourth-order valence-electron chi connectivity index (χ4n) is 1.93. The Bertz CT molecular complexity index is 668. The zero-order valence-corrected chi connectivity index (χ0v) is 13.6. The molecule has 0 aliphatic rings. The Balaban J connectivity index is 2.23. The third-order valence-corrected chi connectivity index (χ3v) is 3.90. The first kappa shape index (κ1) is 16.2. The van der Waals surface area contributed by atoms with Crippen LogP contribution in [0.3, 0.4) is 0 Å². The van der Waals surface area contributed by atoms with E-state index in [1.54, 1.807) is 29.9 Å². The Labute approximate surface area is 130 Å². The predicted octanol–water partition coefficient (Wildman–Crippen LogP) is 3.39. The largest absolute Gasteiger partial charge is 0.348 e. The maximum Gasteiger partial charge on any atom is 0.269 e. The molecule has 0 saturated carbocycles. The lowest BCUT2D eigenvalue weighted by Gasteiger charge is -2.27. The number of carbonyl (C=O) groups excluding carboxylic acids is 1. The number of amides is 1. The molecule has 2 aromatic rings. The minimum Gasteiger partial charge on any atom is -0.348 e. The van der Waals surface area contributed by atoms with E-state index in [9.17, 15) is 9.18 Å². The number of nitrogens with one attached hydrogen (secondary N) is 1. The molecule has 0 bridgehead atoms. The number of carbonyl (C=O) groups is 1. The fraction of sp³-hybridized carbons (Fsp3) is 0.412. The summed E-state index contributed by atoms with van der Waals surface area (Å²) in [7, 11) is 1.73. The van der Waals surface area contributed by atoms with Gasteiger partial charge >= 0.3 is 0 Å². The van der Waals surface area contributed by atoms with E-state index in [4.69, 9.17) is 0 Å². The van der Waals surface area contributed by atoms with Gasteiger partial charge in [0.25, 0.3) is 5.91 Å². The van der Waals surface area contributed by atoms with Crippen molar-refractivity contribution in [2.45, 2.75) is 33.7 Å². The van der Waals surface area contributed by atoms with E-state index in [1.165, 1.54) is 12.1 Å². The molecule has 2 rings (SSSR count). The lowest BCUT2D eigenvalue weighted by molar-refractivity contribution is 0.0900. The molecule has 1 aromatic heterocycles. The zero-order valence-electron chi connectivity index (χ0n) is 13.6. The van der Waals surface area contributed by atoms with Gasteiger partial charge in [0, 0.05) is 18.7 Å². The molecule has 1 atom stereocenters. The van der Waals surface area contributed by atoms with Crippen molar-refractivity contribution in [2.75, 3.05) is 0 Å². The Morgan fingerprint density at radius 1 is 1.27 bits per heavy atom. The summed E-state index contributed by atoms with van der Waals surface area (Å²) in [6.07, 6.45) is 0. The van der Waals surface area contributed by atoms with Crippen molar-refractivity contribution < 1.29 is 9.18 Å². The van der Waals surface area contributed by atoms with E-state index >= 15 is 0 Å². The van der Waals surface area contributed by atoms with Crippen molar-refractivity contribution in [3.05, 3.63) is 41.8 Å². The monoisotopic (exact) mass is 303 g/mol. The number of aryl methyl sites for hydroxylation is 1. The number of nitrogens with zero attached hydrogens (tertiary/aromatic N) is 2. The van der Waals surface area contributed by atoms with Gasteiger partial charge < -0.3 is 5.32 Å². The molecule has 0 radical (unpaired) electrons. The summed E-state index contributed by atoms with van der Waals surface area (Å²) in [4.78, 5) is 12.4. The van der Waals surface area contributed by atoms with Crippen molar-refractivity contribution in [3.8, 4) is 11.3 Å². The number of hydrogen-bond donors (Lipinski definition) is 1. The van der Waals surface area contributed by atoms with Crippen LogP contribution in [0, 0.1) is 11.2 Å². The van der Waals surface area contributed by atoms with Gasteiger partial charge in [-0.1, -0.05) is 20.8 Å². The van der Waals surface area contributed by atoms with Crippen LogP contribution in [0.25, 0.3) is 11.3 Å². The summed E-state index contributed by atoms with van der Waals surface area (Å²) < 4.78 is 14.5. The second kappa shape index (κ2) is 5.91. The lowest BCUT2D eigenvalue weighted by atomic mass is 9.88. The quantitative estimate of drug-likeness (QED) is 0.944. The molecule has 0 aliphatic heterocycles. The van der Waals surface area contributed by atoms with E-state index < -0.39 is 0 Å². The first-order valence-corrected chi connectivity index (χ1v) is 7.29. The third-order valence-electron chi connectivity index (χ3n) is 3.90. The van der Waals surface area contributed by atoms with E-state index in [0.29, 0.717) is 11.4 Å². The standard InChI is InChI=1S/C17H22FN3O/c1-11(17(2,3)4)19-16(22)15-10-14(20-21(15)5)12-6-8-13(18)9-7-12/h6-11H,1-5H3,(H,19,22). The van der Waals surface area contributed by atoms with Gasteiger partial charge in [0.15, 0.2) is 0 Å². The molecule has 1 N–H and O–H groups in total. The summed E-state index contributed by atoms with van der Waals surface area (Å²) in [6.45, 7) is 8.20. The molecule has 22 heavy (non-hydrogen) atoms. The first-order chi connectivity index (χ1) is 10.2. The highest BCUT2D eigenvalue weighted by atomic mass is 19.1. The minimum absolute atomic E-state index is 0.0198. The second-order valence-corrected chi connectivity index (χ2v) is 6.61. The molecule has 0 fully saturated rings. The molecule has 1 unspecified atom stereocenters. The Hall–Kier alpha value is -2.17. The molecular weight excluding hydrogens is 281 g/mol. The van der Waals surface area contributed by atoms with Gasteiger partial charge in [0.1, 0.15) is 11.5 Å². The summed E-state index contributed by atoms with van der Waals surface area (Å²) in [5.74, 6) is -0.456. The van der Waals surface area contributed by atoms with Crippen LogP contribution in [-0.2, 0) is 7.05 Å². The molecule has 1 heterocycles. The van der Waals surface area contributed by atoms with Crippen molar-refractivity contribution >= 4 is 5.91 Å². The van der Waals surface area contributed by atoms with Crippen LogP contribution in [0.2, 0.25) is 0 Å². The molecular formula is C17H22FN3O. The number of benzene rings is 1. The summed E-state index contributed by atoms with van der Waals surface area (Å²) in [5, 5.41) is 7.33. The van der Waals surface area contributed by atoms with E-state index in [-0.39, 0.29) is 23.2 Å². The van der Waals surface area contributed by atoms with E-state index in [2.05, 4.69) is 31.2 Å². The van der Waals surface area contributed by atoms with Crippen LogP contribution in [0.1, 0.15) is 38.2 Å². The van der Waals surface area contributed by atoms with Crippen LogP contribution >= 0.6 is 0 Å². The second-order valence-electron chi connectivity index (χ2n) is 6.61. The van der Waals surface area contributed by atoms with Gasteiger partial charge in [-0.2, -0.15) is 5.10 Å². The van der Waals surface area contributed by atoms with Gasteiger partial charge in [-0.3, -0.25) is 9.48 Å². The lowest BCUT2D eigenvalue weighted by Crippen LogP contribution is -2.42. The van der Waals surface area contributed by atoms with Crippen LogP contribution < -0.4 is 5.32 Å². The average Bonchev–Trinajstić information content (AvgIpc) is 2.80. The number of rotatable bonds is 3. The van der Waals surface area contributed by atoms with Crippen LogP contribution in [0.4, 0.5) is 4.39 Å². The Kier molecular flexibility index (Phi) is 4.35. The maximum absolute atomic E-state index is 13.0. The maximum atomic E-state index is 13.0. The molecule has 1 aromatic carbocycles. The summed E-state index contributed by atoms with van der Waals surface area (Å²) >= 11 is 0. The van der Waals surface area contributed by atoms with Crippen molar-refractivity contribution in [2.24, 2.45) is 12.5 Å². The van der Waals surface area contributed by atoms with Gasteiger partial charge in [-0.25, -0.2) is 4.39 Å². The van der Waals surface area contributed by atoms with Gasteiger partial charge in [0.05, 0.1) is 5.69 Å². The molecule has 0 saturated heterocycles. The topological polar surface area (TPSA) is 46.9 Å². The SMILES string of the molecule is CC(NC(=O)c1cc(-c2ccc(F)cc2)nn1C)C(C)(C)C. The highest BCUT2D eigenvalue weighted by molar-refractivity contribution is 5.93. The Morgan fingerprint density at radius 3 is 2.41 bits per heavy atom. The number of hydrogen-bond acceptors (Lipinski definition) is 2. The van der Waals surface area contributed by atoms with E-state index in [0.717, 1.165) is 5.56 Å². The number of aromatic nitrogens is 2. The Morgan fingerprint density at radius 2 is 1.86 bits per heavy atom. The first-order valence-electron chi connectivity index (χ1n) is 7.29. The van der Waals surface area contributed by atoms with Gasteiger partial charge in [0.2, 0.25) is 0 Å². The molecule has 5 heteroatoms. The third kappa shape index (κ3) is 3.53. The summed E-state index contributed by atoms with van der Waals surface area (Å²) in [6, 6.07) is 7.81. The van der Waals surface area contributed by atoms with Crippen LogP contribution in [0.5, 0.6) is 0 Å². The normalized spacial score (nSPS) is 13.0. The van der Waals surface area contributed by atoms with Crippen molar-refractivity contribution in [3.63, 3.8) is 0 Å².